The number of oxazole rings is 1. The molecule has 0 bridgehead atoms. The summed E-state index contributed by atoms with van der Waals surface area (Å²) in [5.74, 6) is 1.37. The Balaban J connectivity index is 1.48. The van der Waals surface area contributed by atoms with Crippen molar-refractivity contribution in [1.29, 1.82) is 0 Å². The minimum atomic E-state index is -0.358. The zero-order chi connectivity index (χ0) is 22.1. The normalized spacial score (nSPS) is 10.5. The standard InChI is InChI=1S/C24H26N2O5/c1-3-4-15-30-24(28)18-5-9-19(10-6-18)26-22(27)13-14-23-25-16-21(31-23)17-7-11-20(29-2)12-8-17/h5-12,16H,3-4,13-15H2,1-2H3,(H,26,27). The van der Waals surface area contributed by atoms with E-state index >= 15 is 0 Å². The summed E-state index contributed by atoms with van der Waals surface area (Å²) in [4.78, 5) is 28.4. The highest BCUT2D eigenvalue weighted by molar-refractivity contribution is 5.93. The Kier molecular flexibility index (Phi) is 7.81. The summed E-state index contributed by atoms with van der Waals surface area (Å²) >= 11 is 0. The molecule has 0 radical (unpaired) electrons. The largest absolute Gasteiger partial charge is 0.497 e. The van der Waals surface area contributed by atoms with E-state index in [4.69, 9.17) is 13.9 Å². The predicted octanol–water partition coefficient (Wildman–Crippen LogP) is 4.88. The van der Waals surface area contributed by atoms with Crippen molar-refractivity contribution in [3.8, 4) is 17.1 Å². The average Bonchev–Trinajstić information content (AvgIpc) is 3.27. The zero-order valence-electron chi connectivity index (χ0n) is 17.7. The quantitative estimate of drug-likeness (QED) is 0.370. The second-order valence-electron chi connectivity index (χ2n) is 6.96. The number of unbranched alkanes of at least 4 members (excludes halogenated alkanes) is 1. The molecule has 3 rings (SSSR count). The van der Waals surface area contributed by atoms with Gasteiger partial charge in [0.15, 0.2) is 11.7 Å². The average molecular weight is 422 g/mol. The first-order chi connectivity index (χ1) is 15.1. The summed E-state index contributed by atoms with van der Waals surface area (Å²) in [5.41, 5.74) is 1.96. The van der Waals surface area contributed by atoms with Gasteiger partial charge in [0.1, 0.15) is 5.75 Å². The number of ether oxygens (including phenoxy) is 2. The van der Waals surface area contributed by atoms with Crippen LogP contribution in [-0.2, 0) is 16.0 Å². The van der Waals surface area contributed by atoms with Crippen molar-refractivity contribution in [2.75, 3.05) is 19.0 Å². The van der Waals surface area contributed by atoms with E-state index in [9.17, 15) is 9.59 Å². The lowest BCUT2D eigenvalue weighted by atomic mass is 10.2. The van der Waals surface area contributed by atoms with E-state index in [0.29, 0.717) is 35.9 Å². The van der Waals surface area contributed by atoms with Crippen LogP contribution < -0.4 is 10.1 Å². The van der Waals surface area contributed by atoms with Gasteiger partial charge in [0.05, 0.1) is 25.5 Å². The molecule has 1 aromatic heterocycles. The van der Waals surface area contributed by atoms with Crippen molar-refractivity contribution in [3.63, 3.8) is 0 Å². The van der Waals surface area contributed by atoms with Crippen LogP contribution in [0.4, 0.5) is 5.69 Å². The van der Waals surface area contributed by atoms with E-state index in [1.54, 1.807) is 37.6 Å². The van der Waals surface area contributed by atoms with Gasteiger partial charge in [-0.3, -0.25) is 4.79 Å². The van der Waals surface area contributed by atoms with Crippen molar-refractivity contribution in [1.82, 2.24) is 4.98 Å². The van der Waals surface area contributed by atoms with Gasteiger partial charge in [0, 0.05) is 24.1 Å². The van der Waals surface area contributed by atoms with E-state index in [2.05, 4.69) is 10.3 Å². The Morgan fingerprint density at radius 3 is 2.48 bits per heavy atom. The third-order valence-corrected chi connectivity index (χ3v) is 4.63. The Labute approximate surface area is 181 Å². The SMILES string of the molecule is CCCCOC(=O)c1ccc(NC(=O)CCc2ncc(-c3ccc(OC)cc3)o2)cc1. The number of aromatic nitrogens is 1. The van der Waals surface area contributed by atoms with Crippen LogP contribution >= 0.6 is 0 Å². The van der Waals surface area contributed by atoms with Crippen molar-refractivity contribution in [2.45, 2.75) is 32.6 Å². The number of carbonyl (C=O) groups excluding carboxylic acids is 2. The molecule has 0 aliphatic carbocycles. The summed E-state index contributed by atoms with van der Waals surface area (Å²) in [6, 6.07) is 14.1. The molecule has 3 aromatic rings. The molecule has 31 heavy (non-hydrogen) atoms. The molecule has 1 heterocycles. The van der Waals surface area contributed by atoms with Gasteiger partial charge in [-0.25, -0.2) is 9.78 Å². The van der Waals surface area contributed by atoms with Crippen molar-refractivity contribution < 1.29 is 23.5 Å². The molecule has 0 atom stereocenters. The third-order valence-electron chi connectivity index (χ3n) is 4.63. The van der Waals surface area contributed by atoms with Crippen LogP contribution in [0.2, 0.25) is 0 Å². The van der Waals surface area contributed by atoms with E-state index < -0.39 is 0 Å². The number of rotatable bonds is 10. The second-order valence-corrected chi connectivity index (χ2v) is 6.96. The molecule has 0 fully saturated rings. The monoisotopic (exact) mass is 422 g/mol. The number of anilines is 1. The predicted molar refractivity (Wildman–Crippen MR) is 117 cm³/mol. The number of methoxy groups -OCH3 is 1. The van der Waals surface area contributed by atoms with E-state index in [1.165, 1.54) is 0 Å². The first-order valence-electron chi connectivity index (χ1n) is 10.2. The highest BCUT2D eigenvalue weighted by Crippen LogP contribution is 2.23. The Bertz CT molecular complexity index is 994. The summed E-state index contributed by atoms with van der Waals surface area (Å²) in [6.07, 6.45) is 4.06. The number of hydrogen-bond donors (Lipinski definition) is 1. The topological polar surface area (TPSA) is 90.7 Å². The maximum absolute atomic E-state index is 12.2. The molecule has 162 valence electrons. The zero-order valence-corrected chi connectivity index (χ0v) is 17.7. The van der Waals surface area contributed by atoms with Crippen molar-refractivity contribution >= 4 is 17.6 Å². The van der Waals surface area contributed by atoms with Gasteiger partial charge in [0.2, 0.25) is 5.91 Å². The fourth-order valence-electron chi connectivity index (χ4n) is 2.84. The molecule has 7 nitrogen and oxygen atoms in total. The molecule has 1 N–H and O–H groups in total. The van der Waals surface area contributed by atoms with Crippen LogP contribution in [0.1, 0.15) is 42.4 Å². The molecule has 7 heteroatoms. The van der Waals surface area contributed by atoms with Crippen LogP contribution in [-0.4, -0.2) is 30.6 Å². The molecule has 0 unspecified atom stereocenters. The summed E-state index contributed by atoms with van der Waals surface area (Å²) < 4.78 is 16.1. The molecule has 0 saturated heterocycles. The fourth-order valence-corrected chi connectivity index (χ4v) is 2.84. The van der Waals surface area contributed by atoms with Crippen LogP contribution in [0.5, 0.6) is 5.75 Å². The van der Waals surface area contributed by atoms with Gasteiger partial charge in [-0.2, -0.15) is 0 Å². The summed E-state index contributed by atoms with van der Waals surface area (Å²) in [7, 11) is 1.61. The summed E-state index contributed by atoms with van der Waals surface area (Å²) in [6.45, 7) is 2.45. The first-order valence-corrected chi connectivity index (χ1v) is 10.2. The number of carbonyl (C=O) groups is 2. The number of benzene rings is 2. The van der Waals surface area contributed by atoms with Gasteiger partial charge >= 0.3 is 5.97 Å². The van der Waals surface area contributed by atoms with E-state index in [0.717, 1.165) is 24.2 Å². The Morgan fingerprint density at radius 1 is 1.06 bits per heavy atom. The van der Waals surface area contributed by atoms with Gasteiger partial charge in [-0.05, 0) is 55.0 Å². The summed E-state index contributed by atoms with van der Waals surface area (Å²) in [5, 5.41) is 2.81. The molecule has 0 saturated carbocycles. The number of aryl methyl sites for hydroxylation is 1. The minimum absolute atomic E-state index is 0.164. The van der Waals surface area contributed by atoms with E-state index in [-0.39, 0.29) is 18.3 Å². The van der Waals surface area contributed by atoms with Crippen LogP contribution in [0.15, 0.2) is 59.1 Å². The maximum Gasteiger partial charge on any atom is 0.338 e. The highest BCUT2D eigenvalue weighted by Gasteiger charge is 2.11. The molecule has 1 amide bonds. The van der Waals surface area contributed by atoms with Gasteiger partial charge < -0.3 is 19.2 Å². The number of nitrogens with one attached hydrogen (secondary N) is 1. The first kappa shape index (κ1) is 22.1. The molecule has 0 aliphatic rings. The minimum Gasteiger partial charge on any atom is -0.497 e. The molecule has 0 aliphatic heterocycles. The molecular weight excluding hydrogens is 396 g/mol. The molecule has 0 spiro atoms. The number of esters is 1. The van der Waals surface area contributed by atoms with Crippen LogP contribution in [0.25, 0.3) is 11.3 Å². The fraction of sp³-hybridized carbons (Fsp3) is 0.292. The van der Waals surface area contributed by atoms with Crippen LogP contribution in [0.3, 0.4) is 0 Å². The van der Waals surface area contributed by atoms with Gasteiger partial charge in [-0.1, -0.05) is 13.3 Å². The van der Waals surface area contributed by atoms with Gasteiger partial charge in [-0.15, -0.1) is 0 Å². The number of amides is 1. The number of hydrogen-bond acceptors (Lipinski definition) is 6. The smallest absolute Gasteiger partial charge is 0.338 e. The van der Waals surface area contributed by atoms with E-state index in [1.807, 2.05) is 31.2 Å². The molecule has 2 aromatic carbocycles. The molecular formula is C24H26N2O5. The lowest BCUT2D eigenvalue weighted by Crippen LogP contribution is -2.12. The second kappa shape index (κ2) is 11.0. The maximum atomic E-state index is 12.2. The number of nitrogens with zero attached hydrogens (tertiary/aromatic N) is 1. The lowest BCUT2D eigenvalue weighted by molar-refractivity contribution is -0.116. The Morgan fingerprint density at radius 2 is 1.81 bits per heavy atom. The highest BCUT2D eigenvalue weighted by atomic mass is 16.5. The lowest BCUT2D eigenvalue weighted by Gasteiger charge is -2.07. The third kappa shape index (κ3) is 6.44. The van der Waals surface area contributed by atoms with Crippen molar-refractivity contribution in [3.05, 3.63) is 66.2 Å². The van der Waals surface area contributed by atoms with Crippen LogP contribution in [0, 0.1) is 0 Å². The van der Waals surface area contributed by atoms with Gasteiger partial charge in [0.25, 0.3) is 0 Å². The Hall–Kier alpha value is -3.61. The van der Waals surface area contributed by atoms with Crippen molar-refractivity contribution in [2.24, 2.45) is 0 Å².